The molecule has 0 aliphatic heterocycles. The minimum atomic E-state index is 0.0307. The van der Waals surface area contributed by atoms with Crippen LogP contribution < -0.4 is 5.32 Å². The highest BCUT2D eigenvalue weighted by atomic mass is 16.1. The van der Waals surface area contributed by atoms with Crippen LogP contribution in [0.3, 0.4) is 0 Å². The fourth-order valence-corrected chi connectivity index (χ4v) is 1.09. The van der Waals surface area contributed by atoms with E-state index >= 15 is 0 Å². The summed E-state index contributed by atoms with van der Waals surface area (Å²) in [7, 11) is 0. The Hall–Kier alpha value is -0.970. The van der Waals surface area contributed by atoms with Crippen molar-refractivity contribution in [3.8, 4) is 11.8 Å². The SMILES string of the molecule is CC(C)(C)CCC#CCC(=O)NCC(C)(C)C. The standard InChI is InChI=1S/C15H27NO/c1-14(2,3)11-9-7-8-10-13(17)16-12-15(4,5)6/h9-12H2,1-6H3,(H,16,17). The molecular formula is C15H27NO. The van der Waals surface area contributed by atoms with Crippen molar-refractivity contribution < 1.29 is 4.79 Å². The zero-order valence-corrected chi connectivity index (χ0v) is 12.2. The Bertz CT molecular complexity index is 294. The molecule has 0 aromatic carbocycles. The number of nitrogens with one attached hydrogen (secondary N) is 1. The largest absolute Gasteiger partial charge is 0.355 e. The van der Waals surface area contributed by atoms with Crippen molar-refractivity contribution >= 4 is 5.91 Å². The Morgan fingerprint density at radius 1 is 1.00 bits per heavy atom. The second kappa shape index (κ2) is 6.69. The number of rotatable bonds is 3. The summed E-state index contributed by atoms with van der Waals surface area (Å²) in [5.41, 5.74) is 0.457. The van der Waals surface area contributed by atoms with Crippen molar-refractivity contribution in [1.29, 1.82) is 0 Å². The van der Waals surface area contributed by atoms with Gasteiger partial charge in [-0.1, -0.05) is 47.5 Å². The molecule has 0 rings (SSSR count). The lowest BCUT2D eigenvalue weighted by atomic mass is 9.91. The van der Waals surface area contributed by atoms with Gasteiger partial charge in [-0.15, -0.1) is 5.92 Å². The third kappa shape index (κ3) is 13.0. The third-order valence-corrected chi connectivity index (χ3v) is 2.19. The van der Waals surface area contributed by atoms with E-state index in [1.165, 1.54) is 0 Å². The van der Waals surface area contributed by atoms with Crippen LogP contribution >= 0.6 is 0 Å². The number of hydrogen-bond donors (Lipinski definition) is 1. The van der Waals surface area contributed by atoms with Gasteiger partial charge in [-0.25, -0.2) is 0 Å². The van der Waals surface area contributed by atoms with E-state index in [0.29, 0.717) is 18.4 Å². The topological polar surface area (TPSA) is 29.1 Å². The van der Waals surface area contributed by atoms with Crippen LogP contribution in [-0.2, 0) is 4.79 Å². The molecule has 0 bridgehead atoms. The molecule has 17 heavy (non-hydrogen) atoms. The molecule has 0 spiro atoms. The Labute approximate surface area is 107 Å². The van der Waals surface area contributed by atoms with Crippen LogP contribution in [0, 0.1) is 22.7 Å². The minimum Gasteiger partial charge on any atom is -0.355 e. The molecule has 0 saturated carbocycles. The molecule has 0 unspecified atom stereocenters. The first-order valence-corrected chi connectivity index (χ1v) is 6.33. The molecule has 0 aromatic rings. The highest BCUT2D eigenvalue weighted by Crippen LogP contribution is 2.19. The van der Waals surface area contributed by atoms with Gasteiger partial charge in [0.15, 0.2) is 0 Å². The van der Waals surface area contributed by atoms with Gasteiger partial charge in [0.1, 0.15) is 0 Å². The average molecular weight is 237 g/mol. The van der Waals surface area contributed by atoms with Crippen LogP contribution in [0.1, 0.15) is 60.8 Å². The van der Waals surface area contributed by atoms with Crippen molar-refractivity contribution in [2.75, 3.05) is 6.54 Å². The summed E-state index contributed by atoms with van der Waals surface area (Å²) in [5, 5.41) is 2.89. The zero-order valence-electron chi connectivity index (χ0n) is 12.2. The van der Waals surface area contributed by atoms with E-state index < -0.39 is 0 Å². The van der Waals surface area contributed by atoms with Crippen LogP contribution in [0.2, 0.25) is 0 Å². The molecule has 0 aliphatic rings. The van der Waals surface area contributed by atoms with Crippen molar-refractivity contribution in [2.24, 2.45) is 10.8 Å². The van der Waals surface area contributed by atoms with Crippen LogP contribution in [0.4, 0.5) is 0 Å². The van der Waals surface area contributed by atoms with Gasteiger partial charge in [0.05, 0.1) is 6.42 Å². The Kier molecular flexibility index (Phi) is 6.31. The summed E-state index contributed by atoms with van der Waals surface area (Å²) in [6.07, 6.45) is 2.26. The van der Waals surface area contributed by atoms with Gasteiger partial charge < -0.3 is 5.32 Å². The third-order valence-electron chi connectivity index (χ3n) is 2.19. The second-order valence-electron chi connectivity index (χ2n) is 6.93. The summed E-state index contributed by atoms with van der Waals surface area (Å²) in [6, 6.07) is 0. The molecule has 1 amide bonds. The van der Waals surface area contributed by atoms with Crippen molar-refractivity contribution in [2.45, 2.75) is 60.8 Å². The van der Waals surface area contributed by atoms with Gasteiger partial charge in [0, 0.05) is 13.0 Å². The van der Waals surface area contributed by atoms with E-state index in [0.717, 1.165) is 12.8 Å². The van der Waals surface area contributed by atoms with E-state index in [4.69, 9.17) is 0 Å². The first-order valence-electron chi connectivity index (χ1n) is 6.33. The van der Waals surface area contributed by atoms with Crippen LogP contribution in [0.5, 0.6) is 0 Å². The van der Waals surface area contributed by atoms with E-state index in [2.05, 4.69) is 58.7 Å². The van der Waals surface area contributed by atoms with E-state index in [1.54, 1.807) is 0 Å². The van der Waals surface area contributed by atoms with E-state index in [1.807, 2.05) is 0 Å². The Morgan fingerprint density at radius 2 is 1.59 bits per heavy atom. The molecule has 0 atom stereocenters. The predicted molar refractivity (Wildman–Crippen MR) is 73.5 cm³/mol. The van der Waals surface area contributed by atoms with Gasteiger partial charge in [-0.05, 0) is 17.3 Å². The maximum absolute atomic E-state index is 11.4. The zero-order chi connectivity index (χ0) is 13.5. The summed E-state index contributed by atoms with van der Waals surface area (Å²) in [6.45, 7) is 13.6. The fraction of sp³-hybridized carbons (Fsp3) is 0.800. The monoisotopic (exact) mass is 237 g/mol. The van der Waals surface area contributed by atoms with Crippen LogP contribution in [0.25, 0.3) is 0 Å². The molecule has 2 heteroatoms. The van der Waals surface area contributed by atoms with Crippen molar-refractivity contribution in [3.63, 3.8) is 0 Å². The lowest BCUT2D eigenvalue weighted by Gasteiger charge is -2.18. The molecule has 0 aliphatic carbocycles. The Balaban J connectivity index is 3.75. The van der Waals surface area contributed by atoms with E-state index in [-0.39, 0.29) is 11.3 Å². The quantitative estimate of drug-likeness (QED) is 0.749. The summed E-state index contributed by atoms with van der Waals surface area (Å²) >= 11 is 0. The predicted octanol–water partition coefficient (Wildman–Crippen LogP) is 3.37. The molecule has 0 radical (unpaired) electrons. The number of amides is 1. The maximum atomic E-state index is 11.4. The highest BCUT2D eigenvalue weighted by molar-refractivity contribution is 5.78. The van der Waals surface area contributed by atoms with Gasteiger partial charge in [-0.2, -0.15) is 0 Å². The average Bonchev–Trinajstić information content (AvgIpc) is 2.11. The minimum absolute atomic E-state index is 0.0307. The lowest BCUT2D eigenvalue weighted by Crippen LogP contribution is -2.31. The smallest absolute Gasteiger partial charge is 0.232 e. The molecular weight excluding hydrogens is 210 g/mol. The second-order valence-corrected chi connectivity index (χ2v) is 6.93. The molecule has 0 saturated heterocycles. The van der Waals surface area contributed by atoms with E-state index in [9.17, 15) is 4.79 Å². The fourth-order valence-electron chi connectivity index (χ4n) is 1.09. The number of carbonyl (C=O) groups excluding carboxylic acids is 1. The molecule has 0 heterocycles. The molecule has 2 nitrogen and oxygen atoms in total. The lowest BCUT2D eigenvalue weighted by molar-refractivity contribution is -0.120. The molecule has 1 N–H and O–H groups in total. The normalized spacial score (nSPS) is 11.6. The Morgan fingerprint density at radius 3 is 2.06 bits per heavy atom. The maximum Gasteiger partial charge on any atom is 0.232 e. The van der Waals surface area contributed by atoms with Gasteiger partial charge in [0.25, 0.3) is 0 Å². The number of hydrogen-bond acceptors (Lipinski definition) is 1. The highest BCUT2D eigenvalue weighted by Gasteiger charge is 2.11. The van der Waals surface area contributed by atoms with Gasteiger partial charge >= 0.3 is 0 Å². The van der Waals surface area contributed by atoms with Crippen molar-refractivity contribution in [1.82, 2.24) is 5.32 Å². The van der Waals surface area contributed by atoms with Crippen molar-refractivity contribution in [3.05, 3.63) is 0 Å². The summed E-state index contributed by atoms with van der Waals surface area (Å²) in [5.74, 6) is 6.02. The summed E-state index contributed by atoms with van der Waals surface area (Å²) < 4.78 is 0. The molecule has 0 fully saturated rings. The van der Waals surface area contributed by atoms with Gasteiger partial charge in [0.2, 0.25) is 5.91 Å². The first kappa shape index (κ1) is 16.0. The van der Waals surface area contributed by atoms with Gasteiger partial charge in [-0.3, -0.25) is 4.79 Å². The van der Waals surface area contributed by atoms with Crippen LogP contribution in [0.15, 0.2) is 0 Å². The summed E-state index contributed by atoms with van der Waals surface area (Å²) in [4.78, 5) is 11.4. The first-order chi connectivity index (χ1) is 7.60. The van der Waals surface area contributed by atoms with Crippen LogP contribution in [-0.4, -0.2) is 12.5 Å². The number of carbonyl (C=O) groups is 1. The molecule has 0 aromatic heterocycles. The molecule has 98 valence electrons.